The SMILES string of the molecule is CN(C1CCNC1)S(=O)(=O)c1cc(F)ccc1Cl.Cl. The second-order valence-electron chi connectivity index (χ2n) is 4.24. The van der Waals surface area contributed by atoms with Crippen LogP contribution >= 0.6 is 24.0 Å². The smallest absolute Gasteiger partial charge is 0.244 e. The molecule has 0 saturated carbocycles. The van der Waals surface area contributed by atoms with Gasteiger partial charge in [-0.25, -0.2) is 12.8 Å². The molecule has 1 heterocycles. The van der Waals surface area contributed by atoms with Crippen LogP contribution in [0.4, 0.5) is 4.39 Å². The van der Waals surface area contributed by atoms with Crippen LogP contribution in [0, 0.1) is 5.82 Å². The van der Waals surface area contributed by atoms with E-state index in [4.69, 9.17) is 11.6 Å². The Morgan fingerprint density at radius 2 is 2.16 bits per heavy atom. The van der Waals surface area contributed by atoms with Gasteiger partial charge in [0.05, 0.1) is 5.02 Å². The van der Waals surface area contributed by atoms with Gasteiger partial charge in [0.15, 0.2) is 0 Å². The fourth-order valence-corrected chi connectivity index (χ4v) is 3.84. The summed E-state index contributed by atoms with van der Waals surface area (Å²) in [6.45, 7) is 1.38. The molecule has 0 aromatic heterocycles. The van der Waals surface area contributed by atoms with Crippen molar-refractivity contribution in [3.05, 3.63) is 29.0 Å². The molecule has 4 nitrogen and oxygen atoms in total. The Morgan fingerprint density at radius 3 is 2.74 bits per heavy atom. The first-order chi connectivity index (χ1) is 8.43. The molecule has 0 spiro atoms. The molecule has 0 aliphatic carbocycles. The Kier molecular flexibility index (Phi) is 5.58. The standard InChI is InChI=1S/C11H14ClFN2O2S.ClH/c1-15(9-4-5-14-7-9)18(16,17)11-6-8(13)2-3-10(11)12;/h2-3,6,9,14H,4-5,7H2,1H3;1H. The van der Waals surface area contributed by atoms with E-state index in [1.807, 2.05) is 0 Å². The lowest BCUT2D eigenvalue weighted by Crippen LogP contribution is -2.38. The lowest BCUT2D eigenvalue weighted by Gasteiger charge is -2.23. The van der Waals surface area contributed by atoms with Crippen LogP contribution in [-0.4, -0.2) is 38.9 Å². The van der Waals surface area contributed by atoms with Crippen molar-refractivity contribution in [3.8, 4) is 0 Å². The number of sulfonamides is 1. The maximum Gasteiger partial charge on any atom is 0.244 e. The van der Waals surface area contributed by atoms with Gasteiger partial charge in [-0.2, -0.15) is 4.31 Å². The van der Waals surface area contributed by atoms with Crippen LogP contribution in [0.15, 0.2) is 23.1 Å². The zero-order valence-corrected chi connectivity index (χ0v) is 12.7. The van der Waals surface area contributed by atoms with Gasteiger partial charge < -0.3 is 5.32 Å². The predicted molar refractivity (Wildman–Crippen MR) is 74.9 cm³/mol. The normalized spacial score (nSPS) is 19.5. The zero-order chi connectivity index (χ0) is 13.3. The highest BCUT2D eigenvalue weighted by Gasteiger charge is 2.31. The summed E-state index contributed by atoms with van der Waals surface area (Å²) < 4.78 is 39.1. The molecule has 1 N–H and O–H groups in total. The van der Waals surface area contributed by atoms with Crippen LogP contribution in [0.2, 0.25) is 5.02 Å². The maximum absolute atomic E-state index is 13.2. The quantitative estimate of drug-likeness (QED) is 0.921. The minimum atomic E-state index is -3.75. The van der Waals surface area contributed by atoms with Gasteiger partial charge in [0.2, 0.25) is 10.0 Å². The van der Waals surface area contributed by atoms with Crippen LogP contribution in [0.5, 0.6) is 0 Å². The first-order valence-electron chi connectivity index (χ1n) is 5.57. The number of likely N-dealkylation sites (N-methyl/N-ethyl adjacent to an activating group) is 1. The van der Waals surface area contributed by atoms with Gasteiger partial charge in [-0.15, -0.1) is 12.4 Å². The van der Waals surface area contributed by atoms with Gasteiger partial charge in [-0.05, 0) is 31.2 Å². The number of hydrogen-bond donors (Lipinski definition) is 1. The summed E-state index contributed by atoms with van der Waals surface area (Å²) in [5.74, 6) is -0.615. The lowest BCUT2D eigenvalue weighted by atomic mass is 10.3. The van der Waals surface area contributed by atoms with Crippen LogP contribution in [0.3, 0.4) is 0 Å². The molecule has 1 unspecified atom stereocenters. The molecule has 1 aromatic rings. The van der Waals surface area contributed by atoms with Gasteiger partial charge in [0.1, 0.15) is 10.7 Å². The molecule has 0 radical (unpaired) electrons. The molecular formula is C11H15Cl2FN2O2S. The van der Waals surface area contributed by atoms with Gasteiger partial charge >= 0.3 is 0 Å². The third kappa shape index (κ3) is 3.38. The van der Waals surface area contributed by atoms with Crippen LogP contribution in [-0.2, 0) is 10.0 Å². The van der Waals surface area contributed by atoms with Gasteiger partial charge in [-0.1, -0.05) is 11.6 Å². The highest BCUT2D eigenvalue weighted by molar-refractivity contribution is 7.89. The average Bonchev–Trinajstić information content (AvgIpc) is 2.84. The molecule has 0 bridgehead atoms. The molecule has 0 amide bonds. The summed E-state index contributed by atoms with van der Waals surface area (Å²) in [6, 6.07) is 3.23. The Labute approximate surface area is 123 Å². The van der Waals surface area contributed by atoms with Gasteiger partial charge in [0, 0.05) is 19.6 Å². The summed E-state index contributed by atoms with van der Waals surface area (Å²) in [4.78, 5) is -0.182. The van der Waals surface area contributed by atoms with Crippen LogP contribution in [0.1, 0.15) is 6.42 Å². The number of nitrogens with one attached hydrogen (secondary N) is 1. The van der Waals surface area contributed by atoms with Crippen molar-refractivity contribution in [2.75, 3.05) is 20.1 Å². The van der Waals surface area contributed by atoms with E-state index in [2.05, 4.69) is 5.32 Å². The maximum atomic E-state index is 13.2. The Balaban J connectivity index is 0.00000180. The molecule has 1 atom stereocenters. The van der Waals surface area contributed by atoms with E-state index in [1.165, 1.54) is 17.4 Å². The molecule has 1 fully saturated rings. The number of halogens is 3. The molecule has 19 heavy (non-hydrogen) atoms. The molecule has 1 saturated heterocycles. The van der Waals surface area contributed by atoms with E-state index in [0.717, 1.165) is 25.1 Å². The van der Waals surface area contributed by atoms with Crippen molar-refractivity contribution in [2.24, 2.45) is 0 Å². The zero-order valence-electron chi connectivity index (χ0n) is 10.3. The Hall–Kier alpha value is -0.400. The minimum absolute atomic E-state index is 0. The molecule has 2 rings (SSSR count). The van der Waals surface area contributed by atoms with E-state index in [-0.39, 0.29) is 28.4 Å². The first kappa shape index (κ1) is 16.7. The van der Waals surface area contributed by atoms with E-state index < -0.39 is 15.8 Å². The van der Waals surface area contributed by atoms with Crippen molar-refractivity contribution in [2.45, 2.75) is 17.4 Å². The fraction of sp³-hybridized carbons (Fsp3) is 0.455. The van der Waals surface area contributed by atoms with Gasteiger partial charge in [-0.3, -0.25) is 0 Å². The van der Waals surface area contributed by atoms with E-state index in [0.29, 0.717) is 6.54 Å². The Morgan fingerprint density at radius 1 is 1.47 bits per heavy atom. The third-order valence-corrected chi connectivity index (χ3v) is 5.49. The average molecular weight is 329 g/mol. The molecule has 1 aromatic carbocycles. The Bertz CT molecular complexity index is 548. The van der Waals surface area contributed by atoms with E-state index in [1.54, 1.807) is 0 Å². The van der Waals surface area contributed by atoms with Crippen molar-refractivity contribution < 1.29 is 12.8 Å². The number of hydrogen-bond acceptors (Lipinski definition) is 3. The largest absolute Gasteiger partial charge is 0.315 e. The summed E-state index contributed by atoms with van der Waals surface area (Å²) >= 11 is 5.84. The number of benzene rings is 1. The number of rotatable bonds is 3. The molecule has 1 aliphatic rings. The first-order valence-corrected chi connectivity index (χ1v) is 7.38. The monoisotopic (exact) mass is 328 g/mol. The molecule has 8 heteroatoms. The van der Waals surface area contributed by atoms with Crippen molar-refractivity contribution in [1.82, 2.24) is 9.62 Å². The highest BCUT2D eigenvalue weighted by Crippen LogP contribution is 2.26. The molecular weight excluding hydrogens is 314 g/mol. The topological polar surface area (TPSA) is 49.4 Å². The van der Waals surface area contributed by atoms with Crippen molar-refractivity contribution in [3.63, 3.8) is 0 Å². The second kappa shape index (κ2) is 6.37. The van der Waals surface area contributed by atoms with E-state index >= 15 is 0 Å². The summed E-state index contributed by atoms with van der Waals surface area (Å²) in [5, 5.41) is 3.13. The van der Waals surface area contributed by atoms with E-state index in [9.17, 15) is 12.8 Å². The highest BCUT2D eigenvalue weighted by atomic mass is 35.5. The van der Waals surface area contributed by atoms with Crippen molar-refractivity contribution >= 4 is 34.0 Å². The summed E-state index contributed by atoms with van der Waals surface area (Å²) in [7, 11) is -2.26. The third-order valence-electron chi connectivity index (χ3n) is 3.10. The van der Waals surface area contributed by atoms with Crippen LogP contribution < -0.4 is 5.32 Å². The summed E-state index contributed by atoms with van der Waals surface area (Å²) in [5.41, 5.74) is 0. The van der Waals surface area contributed by atoms with Crippen LogP contribution in [0.25, 0.3) is 0 Å². The van der Waals surface area contributed by atoms with Crippen molar-refractivity contribution in [1.29, 1.82) is 0 Å². The lowest BCUT2D eigenvalue weighted by molar-refractivity contribution is 0.387. The fourth-order valence-electron chi connectivity index (χ4n) is 1.98. The summed E-state index contributed by atoms with van der Waals surface area (Å²) in [6.07, 6.45) is 0.739. The second-order valence-corrected chi connectivity index (χ2v) is 6.62. The number of nitrogens with zero attached hydrogens (tertiary/aromatic N) is 1. The van der Waals surface area contributed by atoms with Gasteiger partial charge in [0.25, 0.3) is 0 Å². The molecule has 108 valence electrons. The predicted octanol–water partition coefficient (Wildman–Crippen LogP) is 1.88. The molecule has 1 aliphatic heterocycles. The minimum Gasteiger partial charge on any atom is -0.315 e.